The highest BCUT2D eigenvalue weighted by molar-refractivity contribution is 7.89. The summed E-state index contributed by atoms with van der Waals surface area (Å²) in [6.07, 6.45) is -4.04. The monoisotopic (exact) mass is 378 g/mol. The highest BCUT2D eigenvalue weighted by atomic mass is 35.5. The molecule has 0 atom stereocenters. The highest BCUT2D eigenvalue weighted by Gasteiger charge is 2.34. The summed E-state index contributed by atoms with van der Waals surface area (Å²) in [5.74, 6) is 0. The number of alkyl halides is 3. The first kappa shape index (κ1) is 19.5. The molecule has 0 aliphatic carbocycles. The number of nitrogens with zero attached hydrogens (tertiary/aromatic N) is 1. The van der Waals surface area contributed by atoms with E-state index >= 15 is 0 Å². The second-order valence-electron chi connectivity index (χ2n) is 4.68. The molecule has 1 heterocycles. The Balaban J connectivity index is 0.00000242. The van der Waals surface area contributed by atoms with E-state index in [1.165, 1.54) is 4.31 Å². The highest BCUT2D eigenvalue weighted by Crippen LogP contribution is 2.33. The van der Waals surface area contributed by atoms with Crippen molar-refractivity contribution in [2.75, 3.05) is 26.2 Å². The van der Waals surface area contributed by atoms with Crippen molar-refractivity contribution < 1.29 is 21.6 Å². The molecule has 1 N–H and O–H groups in total. The molecular formula is C12H15Cl2F3N2O2S. The Hall–Kier alpha value is -0.540. The number of benzene rings is 1. The van der Waals surface area contributed by atoms with E-state index in [1.807, 2.05) is 0 Å². The summed E-state index contributed by atoms with van der Waals surface area (Å²) in [7, 11) is -3.98. The van der Waals surface area contributed by atoms with Gasteiger partial charge in [0.2, 0.25) is 10.0 Å². The van der Waals surface area contributed by atoms with Crippen LogP contribution in [0.1, 0.15) is 12.0 Å². The van der Waals surface area contributed by atoms with Crippen LogP contribution >= 0.6 is 24.0 Å². The summed E-state index contributed by atoms with van der Waals surface area (Å²) in [5.41, 5.74) is -1.07. The van der Waals surface area contributed by atoms with Crippen LogP contribution < -0.4 is 5.32 Å². The minimum absolute atomic E-state index is 0. The fourth-order valence-electron chi connectivity index (χ4n) is 2.09. The molecule has 0 spiro atoms. The lowest BCUT2D eigenvalue weighted by Gasteiger charge is -2.20. The van der Waals surface area contributed by atoms with Crippen LogP contribution in [0.25, 0.3) is 0 Å². The van der Waals surface area contributed by atoms with E-state index < -0.39 is 26.7 Å². The van der Waals surface area contributed by atoms with Gasteiger partial charge < -0.3 is 5.32 Å². The van der Waals surface area contributed by atoms with E-state index in [0.717, 1.165) is 6.07 Å². The van der Waals surface area contributed by atoms with Gasteiger partial charge in [-0.2, -0.15) is 17.5 Å². The summed E-state index contributed by atoms with van der Waals surface area (Å²) in [4.78, 5) is -0.427. The quantitative estimate of drug-likeness (QED) is 0.860. The van der Waals surface area contributed by atoms with Gasteiger partial charge in [0.1, 0.15) is 0 Å². The van der Waals surface area contributed by atoms with Crippen molar-refractivity contribution in [3.8, 4) is 0 Å². The molecule has 22 heavy (non-hydrogen) atoms. The van der Waals surface area contributed by atoms with Gasteiger partial charge in [0.25, 0.3) is 0 Å². The summed E-state index contributed by atoms with van der Waals surface area (Å²) in [6, 6.07) is 2.38. The largest absolute Gasteiger partial charge is 0.416 e. The first-order chi connectivity index (χ1) is 9.71. The maximum absolute atomic E-state index is 12.8. The van der Waals surface area contributed by atoms with Crippen molar-refractivity contribution in [1.82, 2.24) is 9.62 Å². The zero-order valence-corrected chi connectivity index (χ0v) is 13.7. The Morgan fingerprint density at radius 3 is 2.45 bits per heavy atom. The molecule has 0 bridgehead atoms. The summed E-state index contributed by atoms with van der Waals surface area (Å²) in [5, 5.41) is 2.78. The van der Waals surface area contributed by atoms with Gasteiger partial charge in [-0.25, -0.2) is 8.42 Å². The molecule has 10 heteroatoms. The van der Waals surface area contributed by atoms with Gasteiger partial charge in [-0.3, -0.25) is 0 Å². The van der Waals surface area contributed by atoms with E-state index in [1.54, 1.807) is 0 Å². The summed E-state index contributed by atoms with van der Waals surface area (Å²) < 4.78 is 64.4. The number of halogens is 5. The number of hydrogen-bond donors (Lipinski definition) is 1. The Morgan fingerprint density at radius 1 is 1.14 bits per heavy atom. The molecule has 1 aliphatic heterocycles. The molecule has 2 rings (SSSR count). The predicted molar refractivity (Wildman–Crippen MR) is 79.9 cm³/mol. The predicted octanol–water partition coefficient (Wildman–Crippen LogP) is 2.76. The third kappa shape index (κ3) is 4.48. The molecule has 1 aliphatic rings. The molecule has 0 unspecified atom stereocenters. The Labute approximate surface area is 138 Å². The van der Waals surface area contributed by atoms with E-state index in [4.69, 9.17) is 11.6 Å². The van der Waals surface area contributed by atoms with E-state index in [9.17, 15) is 21.6 Å². The van der Waals surface area contributed by atoms with Crippen LogP contribution in [0.3, 0.4) is 0 Å². The number of sulfonamides is 1. The van der Waals surface area contributed by atoms with Crippen molar-refractivity contribution in [3.05, 3.63) is 28.8 Å². The zero-order valence-electron chi connectivity index (χ0n) is 11.4. The van der Waals surface area contributed by atoms with Crippen molar-refractivity contribution in [2.45, 2.75) is 17.5 Å². The number of hydrogen-bond acceptors (Lipinski definition) is 3. The standard InChI is InChI=1S/C12H14ClF3N2O2S.ClH/c13-10-6-9(12(14,15)16)7-11(8-10)21(19,20)18-4-1-2-17-3-5-18;/h6-8,17H,1-5H2;1H. The molecule has 4 nitrogen and oxygen atoms in total. The van der Waals surface area contributed by atoms with Crippen LogP contribution in [-0.4, -0.2) is 38.9 Å². The fraction of sp³-hybridized carbons (Fsp3) is 0.500. The van der Waals surface area contributed by atoms with Gasteiger partial charge in [0, 0.05) is 24.7 Å². The van der Waals surface area contributed by atoms with Crippen molar-refractivity contribution in [2.24, 2.45) is 0 Å². The lowest BCUT2D eigenvalue weighted by Crippen LogP contribution is -2.34. The minimum Gasteiger partial charge on any atom is -0.315 e. The summed E-state index contributed by atoms with van der Waals surface area (Å²) >= 11 is 5.64. The molecule has 0 aromatic heterocycles. The third-order valence-electron chi connectivity index (χ3n) is 3.14. The van der Waals surface area contributed by atoms with Crippen LogP contribution in [-0.2, 0) is 16.2 Å². The first-order valence-corrected chi connectivity index (χ1v) is 8.12. The third-order valence-corrected chi connectivity index (χ3v) is 5.23. The average molecular weight is 379 g/mol. The molecular weight excluding hydrogens is 364 g/mol. The van der Waals surface area contributed by atoms with Crippen LogP contribution in [0.4, 0.5) is 13.2 Å². The SMILES string of the molecule is Cl.O=S(=O)(c1cc(Cl)cc(C(F)(F)F)c1)N1CCCNCC1. The van der Waals surface area contributed by atoms with E-state index in [-0.39, 0.29) is 30.5 Å². The first-order valence-electron chi connectivity index (χ1n) is 6.30. The Kier molecular flexibility index (Phi) is 6.52. The minimum atomic E-state index is -4.64. The molecule has 126 valence electrons. The molecule has 1 aromatic rings. The van der Waals surface area contributed by atoms with Gasteiger partial charge >= 0.3 is 6.18 Å². The van der Waals surface area contributed by atoms with Crippen LogP contribution in [0, 0.1) is 0 Å². The summed E-state index contributed by atoms with van der Waals surface area (Å²) in [6.45, 7) is 1.63. The lowest BCUT2D eigenvalue weighted by atomic mass is 10.2. The zero-order chi connectivity index (χ0) is 15.7. The normalized spacial score (nSPS) is 17.6. The fourth-order valence-corrected chi connectivity index (χ4v) is 3.94. The topological polar surface area (TPSA) is 49.4 Å². The molecule has 0 saturated carbocycles. The average Bonchev–Trinajstić information content (AvgIpc) is 2.66. The van der Waals surface area contributed by atoms with E-state index in [2.05, 4.69) is 5.32 Å². The molecule has 1 fully saturated rings. The molecule has 1 aromatic carbocycles. The van der Waals surface area contributed by atoms with Crippen molar-refractivity contribution >= 4 is 34.0 Å². The lowest BCUT2D eigenvalue weighted by molar-refractivity contribution is -0.137. The van der Waals surface area contributed by atoms with Gasteiger partial charge in [-0.05, 0) is 31.2 Å². The number of nitrogens with one attached hydrogen (secondary N) is 1. The number of rotatable bonds is 2. The maximum atomic E-state index is 12.8. The van der Waals surface area contributed by atoms with Gasteiger partial charge in [0.05, 0.1) is 10.5 Å². The maximum Gasteiger partial charge on any atom is 0.416 e. The molecule has 0 amide bonds. The van der Waals surface area contributed by atoms with Crippen LogP contribution in [0.2, 0.25) is 5.02 Å². The van der Waals surface area contributed by atoms with Gasteiger partial charge in [-0.15, -0.1) is 12.4 Å². The second-order valence-corrected chi connectivity index (χ2v) is 7.06. The second kappa shape index (κ2) is 7.35. The Bertz CT molecular complexity index is 615. The molecule has 0 radical (unpaired) electrons. The van der Waals surface area contributed by atoms with E-state index in [0.29, 0.717) is 31.6 Å². The Morgan fingerprint density at radius 2 is 1.82 bits per heavy atom. The smallest absolute Gasteiger partial charge is 0.315 e. The van der Waals surface area contributed by atoms with Crippen LogP contribution in [0.15, 0.2) is 23.1 Å². The van der Waals surface area contributed by atoms with Crippen molar-refractivity contribution in [3.63, 3.8) is 0 Å². The van der Waals surface area contributed by atoms with Gasteiger partial charge in [-0.1, -0.05) is 11.6 Å². The van der Waals surface area contributed by atoms with Crippen molar-refractivity contribution in [1.29, 1.82) is 0 Å². The van der Waals surface area contributed by atoms with Gasteiger partial charge in [0.15, 0.2) is 0 Å². The van der Waals surface area contributed by atoms with Crippen LogP contribution in [0.5, 0.6) is 0 Å². The molecule has 1 saturated heterocycles.